The number of nitrogens with zero attached hydrogens (tertiary/aromatic N) is 3. The maximum atomic E-state index is 12.9. The van der Waals surface area contributed by atoms with E-state index in [-0.39, 0.29) is 11.8 Å². The van der Waals surface area contributed by atoms with E-state index in [4.69, 9.17) is 0 Å². The highest BCUT2D eigenvalue weighted by atomic mass is 16.2. The molecule has 0 bridgehead atoms. The number of amides is 2. The molecule has 0 radical (unpaired) electrons. The van der Waals surface area contributed by atoms with Crippen LogP contribution in [0.3, 0.4) is 0 Å². The second kappa shape index (κ2) is 8.10. The normalized spacial score (nSPS) is 12.8. The van der Waals surface area contributed by atoms with Gasteiger partial charge in [0.05, 0.1) is 0 Å². The van der Waals surface area contributed by atoms with Crippen LogP contribution in [0.15, 0.2) is 60.9 Å². The Hall–Kier alpha value is -3.74. The summed E-state index contributed by atoms with van der Waals surface area (Å²) >= 11 is 0. The van der Waals surface area contributed by atoms with E-state index in [1.807, 2.05) is 29.2 Å². The van der Waals surface area contributed by atoms with E-state index in [1.54, 1.807) is 18.2 Å². The van der Waals surface area contributed by atoms with Gasteiger partial charge in [0.2, 0.25) is 5.91 Å². The number of hydrogen-bond donors (Lipinski definition) is 2. The number of carbonyl (C=O) groups is 2. The van der Waals surface area contributed by atoms with Crippen molar-refractivity contribution in [2.24, 2.45) is 0 Å². The van der Waals surface area contributed by atoms with Gasteiger partial charge in [0.25, 0.3) is 5.91 Å². The fourth-order valence-corrected chi connectivity index (χ4v) is 3.40. The summed E-state index contributed by atoms with van der Waals surface area (Å²) in [7, 11) is 0. The topological polar surface area (TPSA) is 87.2 Å². The number of benzene rings is 2. The van der Waals surface area contributed by atoms with Crippen molar-refractivity contribution in [3.05, 3.63) is 77.7 Å². The summed E-state index contributed by atoms with van der Waals surface area (Å²) in [6, 6.07) is 17.1. The summed E-state index contributed by atoms with van der Waals surface area (Å²) < 4.78 is 0. The molecule has 1 aliphatic heterocycles. The molecule has 7 nitrogen and oxygen atoms in total. The molecule has 29 heavy (non-hydrogen) atoms. The van der Waals surface area contributed by atoms with Gasteiger partial charge in [-0.25, -0.2) is 9.97 Å². The molecule has 7 heteroatoms. The van der Waals surface area contributed by atoms with Gasteiger partial charge >= 0.3 is 0 Å². The molecule has 1 aromatic heterocycles. The first-order valence-electron chi connectivity index (χ1n) is 9.41. The van der Waals surface area contributed by atoms with E-state index in [9.17, 15) is 9.59 Å². The first-order valence-corrected chi connectivity index (χ1v) is 9.41. The van der Waals surface area contributed by atoms with Crippen LogP contribution >= 0.6 is 0 Å². The zero-order valence-corrected chi connectivity index (χ0v) is 16.1. The number of fused-ring (bicyclic) bond motifs is 1. The summed E-state index contributed by atoms with van der Waals surface area (Å²) in [6.07, 6.45) is 2.22. The summed E-state index contributed by atoms with van der Waals surface area (Å²) in [4.78, 5) is 34.4. The van der Waals surface area contributed by atoms with Crippen LogP contribution in [0.5, 0.6) is 0 Å². The van der Waals surface area contributed by atoms with Crippen LogP contribution < -0.4 is 10.6 Å². The Kier molecular flexibility index (Phi) is 5.20. The second-order valence-corrected chi connectivity index (χ2v) is 6.92. The molecule has 0 fully saturated rings. The maximum Gasteiger partial charge on any atom is 0.272 e. The Balaban J connectivity index is 1.49. The molecular formula is C22H21N5O2. The van der Waals surface area contributed by atoms with Gasteiger partial charge < -0.3 is 15.5 Å². The van der Waals surface area contributed by atoms with Gasteiger partial charge in [-0.3, -0.25) is 9.59 Å². The number of hydrogen-bond acceptors (Lipinski definition) is 5. The Bertz CT molecular complexity index is 1070. The lowest BCUT2D eigenvalue weighted by molar-refractivity contribution is -0.114. The monoisotopic (exact) mass is 387 g/mol. The van der Waals surface area contributed by atoms with Crippen molar-refractivity contribution >= 4 is 29.0 Å². The minimum absolute atomic E-state index is 0.114. The SMILES string of the molecule is CC(=O)Nc1cccc(Nc2cc(C(=O)N3CCc4ccccc4C3)ncn2)c1. The number of rotatable bonds is 4. The summed E-state index contributed by atoms with van der Waals surface area (Å²) in [5.41, 5.74) is 4.25. The first kappa shape index (κ1) is 18.6. The zero-order chi connectivity index (χ0) is 20.2. The summed E-state index contributed by atoms with van der Waals surface area (Å²) in [5.74, 6) is 0.262. The highest BCUT2D eigenvalue weighted by molar-refractivity contribution is 5.93. The molecular weight excluding hydrogens is 366 g/mol. The zero-order valence-electron chi connectivity index (χ0n) is 16.1. The minimum Gasteiger partial charge on any atom is -0.340 e. The van der Waals surface area contributed by atoms with Gasteiger partial charge in [-0.2, -0.15) is 0 Å². The molecule has 1 aliphatic rings. The largest absolute Gasteiger partial charge is 0.340 e. The van der Waals surface area contributed by atoms with Crippen LogP contribution in [-0.4, -0.2) is 33.2 Å². The minimum atomic E-state index is -0.139. The number of nitrogens with one attached hydrogen (secondary N) is 2. The summed E-state index contributed by atoms with van der Waals surface area (Å²) in [6.45, 7) is 2.71. The van der Waals surface area contributed by atoms with Crippen LogP contribution in [0.2, 0.25) is 0 Å². The van der Waals surface area contributed by atoms with E-state index in [0.29, 0.717) is 30.3 Å². The van der Waals surface area contributed by atoms with E-state index in [2.05, 4.69) is 32.7 Å². The van der Waals surface area contributed by atoms with Crippen LogP contribution in [0.25, 0.3) is 0 Å². The average molecular weight is 387 g/mol. The molecule has 4 rings (SSSR count). The quantitative estimate of drug-likeness (QED) is 0.717. The third kappa shape index (κ3) is 4.40. The predicted octanol–water partition coefficient (Wildman–Crippen LogP) is 3.38. The van der Waals surface area contributed by atoms with E-state index < -0.39 is 0 Å². The molecule has 146 valence electrons. The molecule has 0 aliphatic carbocycles. The van der Waals surface area contributed by atoms with Crippen molar-refractivity contribution in [3.8, 4) is 0 Å². The molecule has 2 aromatic carbocycles. The smallest absolute Gasteiger partial charge is 0.272 e. The molecule has 0 unspecified atom stereocenters. The van der Waals surface area contributed by atoms with Crippen molar-refractivity contribution in [1.82, 2.24) is 14.9 Å². The third-order valence-corrected chi connectivity index (χ3v) is 4.76. The van der Waals surface area contributed by atoms with Gasteiger partial charge in [-0.15, -0.1) is 0 Å². The van der Waals surface area contributed by atoms with Gasteiger partial charge in [0.15, 0.2) is 0 Å². The van der Waals surface area contributed by atoms with Crippen LogP contribution in [-0.2, 0) is 17.8 Å². The first-order chi connectivity index (χ1) is 14.1. The Morgan fingerprint density at radius 1 is 0.966 bits per heavy atom. The fraction of sp³-hybridized carbons (Fsp3) is 0.182. The standard InChI is InChI=1S/C22H21N5O2/c1-15(28)25-18-7-4-8-19(11-18)26-21-12-20(23-14-24-21)22(29)27-10-9-16-5-2-3-6-17(16)13-27/h2-8,11-12,14H,9-10,13H2,1H3,(H,25,28)(H,23,24,26). The Labute approximate surface area is 168 Å². The maximum absolute atomic E-state index is 12.9. The molecule has 0 atom stereocenters. The molecule has 2 heterocycles. The number of carbonyl (C=O) groups excluding carboxylic acids is 2. The molecule has 0 saturated carbocycles. The molecule has 2 N–H and O–H groups in total. The highest BCUT2D eigenvalue weighted by Crippen LogP contribution is 2.22. The van der Waals surface area contributed by atoms with E-state index in [1.165, 1.54) is 24.4 Å². The van der Waals surface area contributed by atoms with E-state index in [0.717, 1.165) is 12.1 Å². The van der Waals surface area contributed by atoms with Crippen LogP contribution in [0.4, 0.5) is 17.2 Å². The average Bonchev–Trinajstić information content (AvgIpc) is 2.73. The van der Waals surface area contributed by atoms with Crippen molar-refractivity contribution in [2.45, 2.75) is 19.9 Å². The van der Waals surface area contributed by atoms with Gasteiger partial charge in [0.1, 0.15) is 17.8 Å². The van der Waals surface area contributed by atoms with Crippen molar-refractivity contribution < 1.29 is 9.59 Å². The van der Waals surface area contributed by atoms with Gasteiger partial charge in [-0.1, -0.05) is 30.3 Å². The lowest BCUT2D eigenvalue weighted by Gasteiger charge is -2.28. The van der Waals surface area contributed by atoms with Crippen molar-refractivity contribution in [1.29, 1.82) is 0 Å². The van der Waals surface area contributed by atoms with Crippen LogP contribution in [0.1, 0.15) is 28.5 Å². The van der Waals surface area contributed by atoms with E-state index >= 15 is 0 Å². The predicted molar refractivity (Wildman–Crippen MR) is 111 cm³/mol. The fourth-order valence-electron chi connectivity index (χ4n) is 3.40. The molecule has 0 saturated heterocycles. The van der Waals surface area contributed by atoms with Gasteiger partial charge in [-0.05, 0) is 35.7 Å². The third-order valence-electron chi connectivity index (χ3n) is 4.76. The lowest BCUT2D eigenvalue weighted by Crippen LogP contribution is -2.36. The number of anilines is 3. The van der Waals surface area contributed by atoms with Crippen molar-refractivity contribution in [3.63, 3.8) is 0 Å². The highest BCUT2D eigenvalue weighted by Gasteiger charge is 2.22. The second-order valence-electron chi connectivity index (χ2n) is 6.92. The van der Waals surface area contributed by atoms with Gasteiger partial charge in [0, 0.05) is 37.5 Å². The molecule has 2 amide bonds. The summed E-state index contributed by atoms with van der Waals surface area (Å²) in [5, 5.41) is 5.90. The molecule has 3 aromatic rings. The lowest BCUT2D eigenvalue weighted by atomic mass is 10.00. The van der Waals surface area contributed by atoms with Crippen LogP contribution in [0, 0.1) is 0 Å². The Morgan fingerprint density at radius 3 is 2.59 bits per heavy atom. The van der Waals surface area contributed by atoms with Crippen molar-refractivity contribution in [2.75, 3.05) is 17.2 Å². The number of aromatic nitrogens is 2. The molecule has 0 spiro atoms. The Morgan fingerprint density at radius 2 is 1.76 bits per heavy atom.